The van der Waals surface area contributed by atoms with Crippen molar-refractivity contribution in [1.29, 1.82) is 0 Å². The quantitative estimate of drug-likeness (QED) is 0.665. The second-order valence-corrected chi connectivity index (χ2v) is 5.68. The molecule has 0 saturated heterocycles. The number of Topliss-reactive ketones (excluding diaryl/α,β-unsaturated/α-hetero) is 1. The van der Waals surface area contributed by atoms with Gasteiger partial charge in [-0.25, -0.2) is 0 Å². The van der Waals surface area contributed by atoms with E-state index in [4.69, 9.17) is 4.74 Å². The van der Waals surface area contributed by atoms with E-state index >= 15 is 0 Å². The highest BCUT2D eigenvalue weighted by Gasteiger charge is 2.12. The highest BCUT2D eigenvalue weighted by Crippen LogP contribution is 2.23. The molecule has 2 aromatic carbocycles. The van der Waals surface area contributed by atoms with Crippen molar-refractivity contribution in [2.75, 3.05) is 0 Å². The third kappa shape index (κ3) is 3.38. The summed E-state index contributed by atoms with van der Waals surface area (Å²) in [6, 6.07) is 17.5. The first-order valence-corrected chi connectivity index (χ1v) is 7.64. The van der Waals surface area contributed by atoms with Crippen molar-refractivity contribution in [1.82, 2.24) is 9.59 Å². The third-order valence-corrected chi connectivity index (χ3v) is 3.88. The summed E-state index contributed by atoms with van der Waals surface area (Å²) in [5, 5.41) is 3.88. The van der Waals surface area contributed by atoms with Gasteiger partial charge in [0, 0.05) is 13.3 Å². The number of nitrogens with zero attached hydrogens (tertiary/aromatic N) is 2. The fraction of sp³-hybridized carbons (Fsp3) is 0.118. The number of aromatic nitrogens is 2. The van der Waals surface area contributed by atoms with E-state index in [1.54, 1.807) is 0 Å². The van der Waals surface area contributed by atoms with Crippen LogP contribution in [0.1, 0.15) is 27.9 Å². The zero-order chi connectivity index (χ0) is 15.4. The summed E-state index contributed by atoms with van der Waals surface area (Å²) in [6.07, 6.45) is 0.651. The molecule has 0 aliphatic heterocycles. The van der Waals surface area contributed by atoms with Crippen LogP contribution in [0, 0.1) is 0 Å². The molecule has 0 fully saturated rings. The summed E-state index contributed by atoms with van der Waals surface area (Å²) < 4.78 is 9.61. The number of carbonyl (C=O) groups excluding carboxylic acids is 1. The van der Waals surface area contributed by atoms with Gasteiger partial charge in [0.1, 0.15) is 17.2 Å². The molecule has 3 rings (SSSR count). The van der Waals surface area contributed by atoms with Crippen molar-refractivity contribution in [3.63, 3.8) is 0 Å². The van der Waals surface area contributed by atoms with Gasteiger partial charge in [0.25, 0.3) is 0 Å². The molecule has 3 aromatic rings. The molecule has 5 heteroatoms. The zero-order valence-electron chi connectivity index (χ0n) is 12.0. The molecule has 0 unspecified atom stereocenters. The molecule has 0 aliphatic rings. The summed E-state index contributed by atoms with van der Waals surface area (Å²) >= 11 is 1.27. The minimum Gasteiger partial charge on any atom is -0.457 e. The Labute approximate surface area is 132 Å². The minimum atomic E-state index is -0.0484. The average molecular weight is 310 g/mol. The summed E-state index contributed by atoms with van der Waals surface area (Å²) in [6.45, 7) is 1.51. The Morgan fingerprint density at radius 1 is 1.05 bits per heavy atom. The number of hydrogen-bond donors (Lipinski definition) is 0. The number of carbonyl (C=O) groups is 1. The Bertz CT molecular complexity index is 767. The van der Waals surface area contributed by atoms with Crippen LogP contribution in [-0.4, -0.2) is 15.4 Å². The molecule has 4 nitrogen and oxygen atoms in total. The van der Waals surface area contributed by atoms with Gasteiger partial charge >= 0.3 is 0 Å². The molecule has 0 radical (unpaired) electrons. The van der Waals surface area contributed by atoms with E-state index in [1.807, 2.05) is 54.6 Å². The third-order valence-electron chi connectivity index (χ3n) is 3.16. The van der Waals surface area contributed by atoms with Gasteiger partial charge in [-0.3, -0.25) is 4.79 Å². The van der Waals surface area contributed by atoms with Crippen LogP contribution in [0.3, 0.4) is 0 Å². The lowest BCUT2D eigenvalue weighted by atomic mass is 10.1. The highest BCUT2D eigenvalue weighted by atomic mass is 32.1. The lowest BCUT2D eigenvalue weighted by Crippen LogP contribution is -1.98. The fourth-order valence-electron chi connectivity index (χ4n) is 2.08. The molecular weight excluding hydrogens is 296 g/mol. The van der Waals surface area contributed by atoms with Gasteiger partial charge in [-0.05, 0) is 41.4 Å². The van der Waals surface area contributed by atoms with Crippen LogP contribution in [0.15, 0.2) is 54.6 Å². The van der Waals surface area contributed by atoms with Crippen LogP contribution >= 0.6 is 11.5 Å². The van der Waals surface area contributed by atoms with Crippen LogP contribution in [0.5, 0.6) is 11.5 Å². The first-order valence-electron chi connectivity index (χ1n) is 6.86. The maximum Gasteiger partial charge on any atom is 0.181 e. The Morgan fingerprint density at radius 2 is 1.73 bits per heavy atom. The number of ketones is 1. The van der Waals surface area contributed by atoms with Crippen molar-refractivity contribution >= 4 is 17.3 Å². The van der Waals surface area contributed by atoms with Gasteiger partial charge in [0.15, 0.2) is 5.78 Å². The van der Waals surface area contributed by atoms with E-state index in [0.29, 0.717) is 12.1 Å². The van der Waals surface area contributed by atoms with Crippen molar-refractivity contribution in [2.24, 2.45) is 0 Å². The van der Waals surface area contributed by atoms with Gasteiger partial charge in [0.05, 0.1) is 4.88 Å². The summed E-state index contributed by atoms with van der Waals surface area (Å²) in [4.78, 5) is 12.4. The number of rotatable bonds is 5. The second kappa shape index (κ2) is 6.49. The van der Waals surface area contributed by atoms with E-state index in [1.165, 1.54) is 18.5 Å². The molecule has 0 aliphatic carbocycles. The second-order valence-electron chi connectivity index (χ2n) is 4.84. The molecule has 0 bridgehead atoms. The van der Waals surface area contributed by atoms with Crippen molar-refractivity contribution in [2.45, 2.75) is 13.3 Å². The first-order chi connectivity index (χ1) is 10.7. The molecule has 0 atom stereocenters. The molecule has 1 aromatic heterocycles. The highest BCUT2D eigenvalue weighted by molar-refractivity contribution is 7.05. The SMILES string of the molecule is CC(=O)c1nnsc1Cc1ccc(Oc2ccccc2)cc1. The number of hydrogen-bond acceptors (Lipinski definition) is 5. The Balaban J connectivity index is 1.72. The predicted molar refractivity (Wildman–Crippen MR) is 85.7 cm³/mol. The largest absolute Gasteiger partial charge is 0.457 e. The Morgan fingerprint density at radius 3 is 2.41 bits per heavy atom. The van der Waals surface area contributed by atoms with Crippen LogP contribution < -0.4 is 4.74 Å². The molecule has 0 spiro atoms. The predicted octanol–water partition coefficient (Wildman–Crippen LogP) is 4.12. The average Bonchev–Trinajstić information content (AvgIpc) is 2.99. The Kier molecular flexibility index (Phi) is 4.25. The van der Waals surface area contributed by atoms with E-state index in [2.05, 4.69) is 9.59 Å². The smallest absolute Gasteiger partial charge is 0.181 e. The first kappa shape index (κ1) is 14.4. The lowest BCUT2D eigenvalue weighted by molar-refractivity contribution is 0.101. The van der Waals surface area contributed by atoms with Crippen molar-refractivity contribution in [3.8, 4) is 11.5 Å². The van der Waals surface area contributed by atoms with E-state index in [0.717, 1.165) is 21.9 Å². The minimum absolute atomic E-state index is 0.0484. The summed E-state index contributed by atoms with van der Waals surface area (Å²) in [5.74, 6) is 1.54. The number of ether oxygens (including phenoxy) is 1. The van der Waals surface area contributed by atoms with Gasteiger partial charge in [-0.1, -0.05) is 34.8 Å². The van der Waals surface area contributed by atoms with E-state index in [9.17, 15) is 4.79 Å². The lowest BCUT2D eigenvalue weighted by Gasteiger charge is -2.06. The van der Waals surface area contributed by atoms with Gasteiger partial charge in [0.2, 0.25) is 0 Å². The zero-order valence-corrected chi connectivity index (χ0v) is 12.8. The molecule has 1 heterocycles. The van der Waals surface area contributed by atoms with Gasteiger partial charge in [-0.2, -0.15) is 0 Å². The van der Waals surface area contributed by atoms with Crippen LogP contribution in [0.25, 0.3) is 0 Å². The normalized spacial score (nSPS) is 10.4. The standard InChI is InChI=1S/C17H14N2O2S/c1-12(20)17-16(22-19-18-17)11-13-7-9-15(10-8-13)21-14-5-3-2-4-6-14/h2-10H,11H2,1H3. The summed E-state index contributed by atoms with van der Waals surface area (Å²) in [7, 11) is 0. The van der Waals surface area contributed by atoms with Crippen LogP contribution in [0.2, 0.25) is 0 Å². The fourth-order valence-corrected chi connectivity index (χ4v) is 2.80. The van der Waals surface area contributed by atoms with Crippen molar-refractivity contribution in [3.05, 3.63) is 70.7 Å². The molecule has 0 saturated carbocycles. The number of benzene rings is 2. The summed E-state index contributed by atoms with van der Waals surface area (Å²) in [5.41, 5.74) is 1.56. The van der Waals surface area contributed by atoms with Gasteiger partial charge < -0.3 is 4.74 Å². The van der Waals surface area contributed by atoms with Crippen molar-refractivity contribution < 1.29 is 9.53 Å². The van der Waals surface area contributed by atoms with E-state index in [-0.39, 0.29) is 5.78 Å². The maximum absolute atomic E-state index is 11.5. The van der Waals surface area contributed by atoms with E-state index < -0.39 is 0 Å². The number of para-hydroxylation sites is 1. The molecular formula is C17H14N2O2S. The molecule has 0 N–H and O–H groups in total. The van der Waals surface area contributed by atoms with Crippen LogP contribution in [0.4, 0.5) is 0 Å². The van der Waals surface area contributed by atoms with Crippen LogP contribution in [-0.2, 0) is 6.42 Å². The molecule has 110 valence electrons. The van der Waals surface area contributed by atoms with Gasteiger partial charge in [-0.15, -0.1) is 5.10 Å². The molecule has 0 amide bonds. The Hall–Kier alpha value is -2.53. The molecule has 22 heavy (non-hydrogen) atoms. The monoisotopic (exact) mass is 310 g/mol. The topological polar surface area (TPSA) is 52.1 Å². The maximum atomic E-state index is 11.5.